The molecule has 0 aromatic carbocycles. The molecule has 2 nitrogen and oxygen atoms in total. The highest BCUT2D eigenvalue weighted by molar-refractivity contribution is 5.47. The van der Waals surface area contributed by atoms with Crippen LogP contribution in [0.5, 0.6) is 0 Å². The molecule has 0 atom stereocenters. The summed E-state index contributed by atoms with van der Waals surface area (Å²) in [7, 11) is 0. The van der Waals surface area contributed by atoms with Gasteiger partial charge < -0.3 is 4.90 Å². The Balaban J connectivity index is 1.75. The molecule has 1 saturated heterocycles. The van der Waals surface area contributed by atoms with Gasteiger partial charge in [0.05, 0.1) is 11.9 Å². The van der Waals surface area contributed by atoms with Crippen LogP contribution in [-0.4, -0.2) is 18.1 Å². The van der Waals surface area contributed by atoms with E-state index >= 15 is 0 Å². The van der Waals surface area contributed by atoms with E-state index in [1.807, 2.05) is 0 Å². The lowest BCUT2D eigenvalue weighted by Crippen LogP contribution is -2.20. The van der Waals surface area contributed by atoms with E-state index in [0.717, 1.165) is 0 Å². The van der Waals surface area contributed by atoms with Crippen LogP contribution in [0, 0.1) is 5.41 Å². The molecule has 86 valence electrons. The van der Waals surface area contributed by atoms with Crippen LogP contribution in [0.4, 0.5) is 5.69 Å². The lowest BCUT2D eigenvalue weighted by Gasteiger charge is -2.18. The maximum atomic E-state index is 4.55. The molecule has 0 radical (unpaired) electrons. The van der Waals surface area contributed by atoms with Crippen molar-refractivity contribution < 1.29 is 0 Å². The maximum absolute atomic E-state index is 4.55. The maximum Gasteiger partial charge on any atom is 0.0553 e. The van der Waals surface area contributed by atoms with Crippen molar-refractivity contribution in [1.82, 2.24) is 4.98 Å². The van der Waals surface area contributed by atoms with Crippen LogP contribution in [0.15, 0.2) is 18.3 Å². The summed E-state index contributed by atoms with van der Waals surface area (Å²) in [6, 6.07) is 4.42. The van der Waals surface area contributed by atoms with Gasteiger partial charge in [-0.1, -0.05) is 13.8 Å². The fraction of sp³-hybridized carbons (Fsp3) is 0.643. The molecule has 2 fully saturated rings. The van der Waals surface area contributed by atoms with Crippen molar-refractivity contribution in [3.63, 3.8) is 0 Å². The molecule has 1 aromatic rings. The summed E-state index contributed by atoms with van der Waals surface area (Å²) >= 11 is 0. The topological polar surface area (TPSA) is 16.1 Å². The lowest BCUT2D eigenvalue weighted by atomic mass is 10.1. The van der Waals surface area contributed by atoms with Crippen molar-refractivity contribution in [3.8, 4) is 0 Å². The first-order valence-corrected chi connectivity index (χ1v) is 6.39. The molecule has 3 rings (SSSR count). The first-order valence-electron chi connectivity index (χ1n) is 6.39. The normalized spacial score (nSPS) is 22.1. The predicted octanol–water partition coefficient (Wildman–Crippen LogP) is 3.20. The monoisotopic (exact) mass is 216 g/mol. The van der Waals surface area contributed by atoms with Crippen molar-refractivity contribution in [2.24, 2.45) is 5.41 Å². The Morgan fingerprint density at radius 3 is 2.56 bits per heavy atom. The van der Waals surface area contributed by atoms with E-state index in [9.17, 15) is 0 Å². The van der Waals surface area contributed by atoms with Gasteiger partial charge in [-0.3, -0.25) is 4.98 Å². The summed E-state index contributed by atoms with van der Waals surface area (Å²) in [6.45, 7) is 6.87. The molecule has 0 bridgehead atoms. The van der Waals surface area contributed by atoms with E-state index in [1.54, 1.807) is 0 Å². The van der Waals surface area contributed by atoms with E-state index in [1.165, 1.54) is 43.7 Å². The van der Waals surface area contributed by atoms with E-state index in [-0.39, 0.29) is 0 Å². The first kappa shape index (κ1) is 10.1. The first-order chi connectivity index (χ1) is 7.69. The second-order valence-electron chi connectivity index (χ2n) is 5.77. The van der Waals surface area contributed by atoms with Crippen molar-refractivity contribution in [1.29, 1.82) is 0 Å². The zero-order chi connectivity index (χ0) is 11.2. The van der Waals surface area contributed by atoms with Crippen LogP contribution in [0.2, 0.25) is 0 Å². The third-order valence-electron chi connectivity index (χ3n) is 4.12. The molecular formula is C14H20N2. The highest BCUT2D eigenvalue weighted by Gasteiger charge is 2.47. The number of hydrogen-bond donors (Lipinski definition) is 0. The Morgan fingerprint density at radius 2 is 2.06 bits per heavy atom. The smallest absolute Gasteiger partial charge is 0.0553 e. The molecule has 1 aliphatic carbocycles. The Morgan fingerprint density at radius 1 is 1.25 bits per heavy atom. The van der Waals surface area contributed by atoms with Crippen molar-refractivity contribution in [3.05, 3.63) is 24.0 Å². The zero-order valence-corrected chi connectivity index (χ0v) is 10.2. The standard InChI is InChI=1S/C14H20N2/c1-11(2)13-4-3-12(9-15-13)16-8-7-14(10-16)5-6-14/h3-4,9,11H,5-8,10H2,1-2H3. The SMILES string of the molecule is CC(C)c1ccc(N2CCC3(CC3)C2)cn1. The number of rotatable bonds is 2. The number of nitrogens with zero attached hydrogens (tertiary/aromatic N) is 2. The van der Waals surface area contributed by atoms with Gasteiger partial charge in [0.2, 0.25) is 0 Å². The molecule has 2 heterocycles. The molecule has 2 aliphatic rings. The van der Waals surface area contributed by atoms with Gasteiger partial charge in [0.25, 0.3) is 0 Å². The van der Waals surface area contributed by atoms with Gasteiger partial charge in [-0.25, -0.2) is 0 Å². The van der Waals surface area contributed by atoms with Crippen molar-refractivity contribution in [2.75, 3.05) is 18.0 Å². The molecule has 1 aliphatic heterocycles. The van der Waals surface area contributed by atoms with Crippen LogP contribution in [-0.2, 0) is 0 Å². The van der Waals surface area contributed by atoms with Gasteiger partial charge in [0, 0.05) is 18.8 Å². The van der Waals surface area contributed by atoms with E-state index in [2.05, 4.69) is 42.1 Å². The fourth-order valence-electron chi connectivity index (χ4n) is 2.67. The Labute approximate surface area is 97.7 Å². The molecular weight excluding hydrogens is 196 g/mol. The summed E-state index contributed by atoms with van der Waals surface area (Å²) in [5.74, 6) is 0.530. The Hall–Kier alpha value is -1.05. The predicted molar refractivity (Wildman–Crippen MR) is 66.8 cm³/mol. The quantitative estimate of drug-likeness (QED) is 0.754. The summed E-state index contributed by atoms with van der Waals surface area (Å²) in [4.78, 5) is 7.05. The molecule has 2 heteroatoms. The molecule has 0 N–H and O–H groups in total. The van der Waals surface area contributed by atoms with Crippen LogP contribution >= 0.6 is 0 Å². The summed E-state index contributed by atoms with van der Waals surface area (Å²) in [6.07, 6.45) is 6.33. The number of pyridine rings is 1. The summed E-state index contributed by atoms with van der Waals surface area (Å²) in [5, 5.41) is 0. The second-order valence-corrected chi connectivity index (χ2v) is 5.77. The van der Waals surface area contributed by atoms with Gasteiger partial charge in [0.1, 0.15) is 0 Å². The van der Waals surface area contributed by atoms with Crippen molar-refractivity contribution in [2.45, 2.75) is 39.0 Å². The summed E-state index contributed by atoms with van der Waals surface area (Å²) in [5.41, 5.74) is 3.22. The van der Waals surface area contributed by atoms with Crippen LogP contribution < -0.4 is 4.90 Å². The highest BCUT2D eigenvalue weighted by atomic mass is 15.2. The van der Waals surface area contributed by atoms with Gasteiger partial charge in [-0.2, -0.15) is 0 Å². The third kappa shape index (κ3) is 1.70. The number of anilines is 1. The molecule has 0 amide bonds. The minimum atomic E-state index is 0.530. The van der Waals surface area contributed by atoms with Crippen molar-refractivity contribution >= 4 is 5.69 Å². The van der Waals surface area contributed by atoms with Gasteiger partial charge in [-0.05, 0) is 42.7 Å². The van der Waals surface area contributed by atoms with Crippen LogP contribution in [0.25, 0.3) is 0 Å². The molecule has 16 heavy (non-hydrogen) atoms. The lowest BCUT2D eigenvalue weighted by molar-refractivity contribution is 0.581. The zero-order valence-electron chi connectivity index (χ0n) is 10.2. The van der Waals surface area contributed by atoms with Gasteiger partial charge in [-0.15, -0.1) is 0 Å². The van der Waals surface area contributed by atoms with Crippen LogP contribution in [0.3, 0.4) is 0 Å². The Kier molecular flexibility index (Phi) is 2.20. The summed E-state index contributed by atoms with van der Waals surface area (Å²) < 4.78 is 0. The Bertz CT molecular complexity index is 376. The molecule has 1 aromatic heterocycles. The van der Waals surface area contributed by atoms with Crippen LogP contribution in [0.1, 0.15) is 44.7 Å². The largest absolute Gasteiger partial charge is 0.370 e. The minimum absolute atomic E-state index is 0.530. The molecule has 1 spiro atoms. The molecule has 0 unspecified atom stereocenters. The van der Waals surface area contributed by atoms with Gasteiger partial charge in [0.15, 0.2) is 0 Å². The average molecular weight is 216 g/mol. The minimum Gasteiger partial charge on any atom is -0.370 e. The second kappa shape index (κ2) is 3.47. The van der Waals surface area contributed by atoms with E-state index in [4.69, 9.17) is 0 Å². The average Bonchev–Trinajstić information content (AvgIpc) is 2.89. The number of aromatic nitrogens is 1. The van der Waals surface area contributed by atoms with E-state index in [0.29, 0.717) is 11.3 Å². The third-order valence-corrected chi connectivity index (χ3v) is 4.12. The van der Waals surface area contributed by atoms with Gasteiger partial charge >= 0.3 is 0 Å². The van der Waals surface area contributed by atoms with E-state index < -0.39 is 0 Å². The molecule has 1 saturated carbocycles. The number of hydrogen-bond acceptors (Lipinski definition) is 2. The fourth-order valence-corrected chi connectivity index (χ4v) is 2.67. The highest BCUT2D eigenvalue weighted by Crippen LogP contribution is 2.53.